The molecule has 0 spiro atoms. The van der Waals surface area contributed by atoms with E-state index in [1.165, 1.54) is 12.1 Å². The van der Waals surface area contributed by atoms with E-state index in [1.54, 1.807) is 12.1 Å². The molecule has 1 saturated heterocycles. The van der Waals surface area contributed by atoms with Crippen LogP contribution in [0.1, 0.15) is 24.8 Å². The van der Waals surface area contributed by atoms with Crippen molar-refractivity contribution in [2.24, 2.45) is 23.7 Å². The Morgan fingerprint density at radius 3 is 2.23 bits per heavy atom. The van der Waals surface area contributed by atoms with Gasteiger partial charge in [-0.15, -0.1) is 0 Å². The van der Waals surface area contributed by atoms with Gasteiger partial charge in [-0.25, -0.2) is 4.39 Å². The third-order valence-corrected chi connectivity index (χ3v) is 6.49. The number of aliphatic carboxylic acids is 1. The van der Waals surface area contributed by atoms with E-state index in [4.69, 9.17) is 0 Å². The van der Waals surface area contributed by atoms with Gasteiger partial charge in [0.25, 0.3) is 0 Å². The summed E-state index contributed by atoms with van der Waals surface area (Å²) in [6.07, 6.45) is 2.85. The summed E-state index contributed by atoms with van der Waals surface area (Å²) in [6, 6.07) is 6.52. The van der Waals surface area contributed by atoms with Gasteiger partial charge in [0.2, 0.25) is 5.91 Å². The van der Waals surface area contributed by atoms with Crippen LogP contribution in [0.3, 0.4) is 0 Å². The minimum Gasteiger partial charge on any atom is -0.481 e. The summed E-state index contributed by atoms with van der Waals surface area (Å²) in [5.74, 6) is -1.36. The highest BCUT2D eigenvalue weighted by Gasteiger charge is 2.54. The Hall–Kier alpha value is -1.95. The molecule has 3 fully saturated rings. The fourth-order valence-electron chi connectivity index (χ4n) is 5.19. The van der Waals surface area contributed by atoms with Crippen LogP contribution >= 0.6 is 0 Å². The number of hydrogen-bond donors (Lipinski definition) is 1. The van der Waals surface area contributed by atoms with Crippen LogP contribution in [-0.4, -0.2) is 53.0 Å². The number of rotatable bonds is 4. The Kier molecular flexibility index (Phi) is 4.69. The molecule has 0 radical (unpaired) electrons. The molecule has 2 saturated carbocycles. The number of carbonyl (C=O) groups is 2. The molecule has 140 valence electrons. The van der Waals surface area contributed by atoms with E-state index < -0.39 is 11.9 Å². The summed E-state index contributed by atoms with van der Waals surface area (Å²) in [6.45, 7) is 3.55. The maximum atomic E-state index is 13.0. The van der Waals surface area contributed by atoms with E-state index >= 15 is 0 Å². The molecule has 1 amide bonds. The second-order valence-electron chi connectivity index (χ2n) is 7.95. The molecule has 0 aromatic heterocycles. The zero-order valence-corrected chi connectivity index (χ0v) is 14.8. The first kappa shape index (κ1) is 17.5. The Balaban J connectivity index is 1.35. The highest BCUT2D eigenvalue weighted by atomic mass is 19.1. The van der Waals surface area contributed by atoms with Crippen molar-refractivity contribution in [3.8, 4) is 0 Å². The monoisotopic (exact) mass is 360 g/mol. The SMILES string of the molecule is O=C(O)[C@H]1[C@H]2CC[C@@H](C2)[C@@H]1C(=O)N1CCN(Cc2ccc(F)cc2)CC1. The predicted molar refractivity (Wildman–Crippen MR) is 93.7 cm³/mol. The van der Waals surface area contributed by atoms with Crippen molar-refractivity contribution >= 4 is 11.9 Å². The maximum Gasteiger partial charge on any atom is 0.307 e. The Labute approximate surface area is 152 Å². The topological polar surface area (TPSA) is 60.9 Å². The van der Waals surface area contributed by atoms with Crippen molar-refractivity contribution in [2.75, 3.05) is 26.2 Å². The number of nitrogens with zero attached hydrogens (tertiary/aromatic N) is 2. The second-order valence-corrected chi connectivity index (χ2v) is 7.95. The van der Waals surface area contributed by atoms with Gasteiger partial charge in [-0.1, -0.05) is 12.1 Å². The molecule has 1 heterocycles. The summed E-state index contributed by atoms with van der Waals surface area (Å²) in [5, 5.41) is 9.57. The van der Waals surface area contributed by atoms with Gasteiger partial charge in [0.05, 0.1) is 11.8 Å². The number of piperazine rings is 1. The smallest absolute Gasteiger partial charge is 0.307 e. The van der Waals surface area contributed by atoms with E-state index in [1.807, 2.05) is 4.90 Å². The minimum atomic E-state index is -0.800. The molecule has 6 heteroatoms. The molecular weight excluding hydrogens is 335 g/mol. The van der Waals surface area contributed by atoms with Crippen LogP contribution in [0.25, 0.3) is 0 Å². The Bertz CT molecular complexity index is 685. The van der Waals surface area contributed by atoms with Gasteiger partial charge in [-0.05, 0) is 48.8 Å². The molecule has 1 aromatic carbocycles. The molecular formula is C20H25FN2O3. The van der Waals surface area contributed by atoms with E-state index in [-0.39, 0.29) is 29.5 Å². The third-order valence-electron chi connectivity index (χ3n) is 6.49. The standard InChI is InChI=1S/C20H25FN2O3/c21-16-5-1-13(2-6-16)12-22-7-9-23(10-8-22)19(24)17-14-3-4-15(11-14)18(17)20(25)26/h1-2,5-6,14-15,17-18H,3-4,7-12H2,(H,25,26)/t14-,15-,17-,18-/m0/s1. The van der Waals surface area contributed by atoms with Crippen molar-refractivity contribution in [2.45, 2.75) is 25.8 Å². The van der Waals surface area contributed by atoms with Gasteiger partial charge in [-0.3, -0.25) is 14.5 Å². The Morgan fingerprint density at radius 1 is 1.00 bits per heavy atom. The van der Waals surface area contributed by atoms with Gasteiger partial charge in [0.1, 0.15) is 5.82 Å². The first-order valence-electron chi connectivity index (χ1n) is 9.51. The average Bonchev–Trinajstić information content (AvgIpc) is 3.25. The van der Waals surface area contributed by atoms with Crippen LogP contribution in [0.15, 0.2) is 24.3 Å². The summed E-state index contributed by atoms with van der Waals surface area (Å²) >= 11 is 0. The average molecular weight is 360 g/mol. The number of halogens is 1. The second kappa shape index (κ2) is 6.99. The van der Waals surface area contributed by atoms with Gasteiger partial charge in [-0.2, -0.15) is 0 Å². The molecule has 0 unspecified atom stereocenters. The summed E-state index contributed by atoms with van der Waals surface area (Å²) in [4.78, 5) is 28.8. The molecule has 4 atom stereocenters. The van der Waals surface area contributed by atoms with Gasteiger partial charge in [0.15, 0.2) is 0 Å². The van der Waals surface area contributed by atoms with Crippen molar-refractivity contribution in [1.29, 1.82) is 0 Å². The number of benzene rings is 1. The van der Waals surface area contributed by atoms with Gasteiger partial charge in [0, 0.05) is 32.7 Å². The molecule has 5 nitrogen and oxygen atoms in total. The zero-order chi connectivity index (χ0) is 18.3. The number of carboxylic acids is 1. The first-order chi connectivity index (χ1) is 12.5. The maximum absolute atomic E-state index is 13.0. The Morgan fingerprint density at radius 2 is 1.62 bits per heavy atom. The number of fused-ring (bicyclic) bond motifs is 2. The molecule has 1 N–H and O–H groups in total. The van der Waals surface area contributed by atoms with Crippen LogP contribution in [-0.2, 0) is 16.1 Å². The number of hydrogen-bond acceptors (Lipinski definition) is 3. The van der Waals surface area contributed by atoms with Gasteiger partial charge >= 0.3 is 5.97 Å². The lowest BCUT2D eigenvalue weighted by molar-refractivity contribution is -0.153. The molecule has 1 aliphatic heterocycles. The molecule has 2 aliphatic carbocycles. The molecule has 4 rings (SSSR count). The summed E-state index contributed by atoms with van der Waals surface area (Å²) < 4.78 is 13.0. The van der Waals surface area contributed by atoms with Crippen LogP contribution in [0.4, 0.5) is 4.39 Å². The molecule has 26 heavy (non-hydrogen) atoms. The highest BCUT2D eigenvalue weighted by molar-refractivity contribution is 5.86. The quantitative estimate of drug-likeness (QED) is 0.894. The zero-order valence-electron chi connectivity index (χ0n) is 14.8. The number of carboxylic acid groups (broad SMARTS) is 1. The van der Waals surface area contributed by atoms with Crippen molar-refractivity contribution < 1.29 is 19.1 Å². The van der Waals surface area contributed by atoms with Crippen LogP contribution in [0.2, 0.25) is 0 Å². The van der Waals surface area contributed by atoms with E-state index in [9.17, 15) is 19.1 Å². The minimum absolute atomic E-state index is 0.0473. The first-order valence-corrected chi connectivity index (χ1v) is 9.51. The summed E-state index contributed by atoms with van der Waals surface area (Å²) in [7, 11) is 0. The lowest BCUT2D eigenvalue weighted by atomic mass is 9.78. The highest BCUT2D eigenvalue weighted by Crippen LogP contribution is 2.53. The van der Waals surface area contributed by atoms with E-state index in [2.05, 4.69) is 4.90 Å². The van der Waals surface area contributed by atoms with Crippen molar-refractivity contribution in [3.63, 3.8) is 0 Å². The van der Waals surface area contributed by atoms with E-state index in [0.29, 0.717) is 13.1 Å². The van der Waals surface area contributed by atoms with Gasteiger partial charge < -0.3 is 10.0 Å². The molecule has 1 aromatic rings. The molecule has 3 aliphatic rings. The fraction of sp³-hybridized carbons (Fsp3) is 0.600. The van der Waals surface area contributed by atoms with Crippen LogP contribution in [0.5, 0.6) is 0 Å². The van der Waals surface area contributed by atoms with Crippen LogP contribution in [0, 0.1) is 29.5 Å². The summed E-state index contributed by atoms with van der Waals surface area (Å²) in [5.41, 5.74) is 1.06. The number of carbonyl (C=O) groups excluding carboxylic acids is 1. The lowest BCUT2D eigenvalue weighted by Crippen LogP contribution is -2.52. The molecule has 2 bridgehead atoms. The van der Waals surface area contributed by atoms with Crippen LogP contribution < -0.4 is 0 Å². The normalized spacial score (nSPS) is 31.3. The van der Waals surface area contributed by atoms with Crippen molar-refractivity contribution in [1.82, 2.24) is 9.80 Å². The fourth-order valence-corrected chi connectivity index (χ4v) is 5.19. The van der Waals surface area contributed by atoms with E-state index in [0.717, 1.165) is 44.5 Å². The third kappa shape index (κ3) is 3.22. The number of amides is 1. The predicted octanol–water partition coefficient (Wildman–Crippen LogP) is 2.22. The lowest BCUT2D eigenvalue weighted by Gasteiger charge is -2.38. The largest absolute Gasteiger partial charge is 0.481 e. The van der Waals surface area contributed by atoms with Crippen molar-refractivity contribution in [3.05, 3.63) is 35.6 Å².